The average molecular weight is 880 g/mol. The first kappa shape index (κ1) is 46.4. The van der Waals surface area contributed by atoms with Gasteiger partial charge >= 0.3 is 0 Å². The largest absolute Gasteiger partial charge is 0.353 e. The number of nitrogens with zero attached hydrogens (tertiary/aromatic N) is 2. The van der Waals surface area contributed by atoms with Crippen molar-refractivity contribution in [3.05, 3.63) is 102 Å². The third-order valence-electron chi connectivity index (χ3n) is 13.8. The van der Waals surface area contributed by atoms with Gasteiger partial charge in [0.05, 0.1) is 16.7 Å². The van der Waals surface area contributed by atoms with E-state index < -0.39 is 27.8 Å². The lowest BCUT2D eigenvalue weighted by molar-refractivity contribution is -0.133. The van der Waals surface area contributed by atoms with Crippen LogP contribution >= 0.6 is 0 Å². The minimum Gasteiger partial charge on any atom is -0.353 e. The van der Waals surface area contributed by atoms with Crippen molar-refractivity contribution in [1.29, 1.82) is 0 Å². The molecule has 4 fully saturated rings. The second-order valence-electron chi connectivity index (χ2n) is 18.6. The Bertz CT molecular complexity index is 2020. The number of nitrogens with one attached hydrogen (secondary N) is 3. The van der Waals surface area contributed by atoms with E-state index in [4.69, 9.17) is 0 Å². The Hall–Kier alpha value is -4.55. The topological polar surface area (TPSA) is 145 Å². The molecule has 0 unspecified atom stereocenters. The van der Waals surface area contributed by atoms with E-state index in [-0.39, 0.29) is 84.3 Å². The highest BCUT2D eigenvalue weighted by molar-refractivity contribution is 7.89. The molecule has 3 N–H and O–H groups in total. The molecule has 4 amide bonds. The Labute approximate surface area is 375 Å². The van der Waals surface area contributed by atoms with Gasteiger partial charge in [-0.3, -0.25) is 19.2 Å². The number of rotatable bonds is 23. The number of carbonyl (C=O) groups is 4. The van der Waals surface area contributed by atoms with Gasteiger partial charge in [-0.05, 0) is 61.4 Å². The van der Waals surface area contributed by atoms with Gasteiger partial charge in [0.1, 0.15) is 0 Å². The molecule has 2 heterocycles. The number of unbranched alkanes of at least 4 members (excludes halogenated alkanes) is 11. The lowest BCUT2D eigenvalue weighted by Gasteiger charge is -2.31. The predicted molar refractivity (Wildman–Crippen MR) is 246 cm³/mol. The molecule has 340 valence electrons. The van der Waals surface area contributed by atoms with E-state index >= 15 is 0 Å². The van der Waals surface area contributed by atoms with Gasteiger partial charge < -0.3 is 20.9 Å². The quantitative estimate of drug-likeness (QED) is 0.0822. The minimum absolute atomic E-state index is 0.0203. The maximum Gasteiger partial charge on any atom is 0.253 e. The Balaban J connectivity index is 0.889. The van der Waals surface area contributed by atoms with E-state index in [0.29, 0.717) is 19.3 Å². The number of hydrogen-bond donors (Lipinski definition) is 3. The molecule has 0 radical (unpaired) electrons. The zero-order valence-electron chi connectivity index (χ0n) is 37.2. The van der Waals surface area contributed by atoms with E-state index in [9.17, 15) is 27.6 Å². The molecule has 0 spiro atoms. The summed E-state index contributed by atoms with van der Waals surface area (Å²) in [5.41, 5.74) is 2.51. The van der Waals surface area contributed by atoms with Gasteiger partial charge in [0.15, 0.2) is 0 Å². The smallest absolute Gasteiger partial charge is 0.253 e. The molecule has 2 saturated carbocycles. The zero-order chi connectivity index (χ0) is 44.2. The first-order valence-electron chi connectivity index (χ1n) is 24.0. The van der Waals surface area contributed by atoms with Crippen LogP contribution in [-0.2, 0) is 24.4 Å². The van der Waals surface area contributed by atoms with Crippen LogP contribution in [0.1, 0.15) is 149 Å². The number of carbonyl (C=O) groups excluding carboxylic acids is 4. The summed E-state index contributed by atoms with van der Waals surface area (Å²) in [5.74, 6) is -1.96. The van der Waals surface area contributed by atoms with Crippen LogP contribution in [0.3, 0.4) is 0 Å². The third-order valence-corrected chi connectivity index (χ3v) is 15.7. The van der Waals surface area contributed by atoms with Crippen molar-refractivity contribution in [2.75, 3.05) is 26.2 Å². The van der Waals surface area contributed by atoms with Gasteiger partial charge in [-0.1, -0.05) is 144 Å². The number of amides is 4. The van der Waals surface area contributed by atoms with Crippen LogP contribution in [-0.4, -0.2) is 85.6 Å². The SMILES string of the molecule is CCCCCCCCCCCCCCC(=O)NC1CCN(S(=O)(=O)c2cccc(C(=O)N3C[C@@H](C(=O)N[C@H]4C[C@@H]4c4ccccc4)[C@H](C(=O)N[C@H]4C[C@@H]4c4ccccc4)C3)c2)CC1. The lowest BCUT2D eigenvalue weighted by atomic mass is 9.94. The van der Waals surface area contributed by atoms with Gasteiger partial charge in [-0.15, -0.1) is 0 Å². The van der Waals surface area contributed by atoms with Gasteiger partial charge in [0, 0.05) is 68.1 Å². The zero-order valence-corrected chi connectivity index (χ0v) is 38.0. The summed E-state index contributed by atoms with van der Waals surface area (Å²) in [5, 5.41) is 9.47. The molecular weight excluding hydrogens is 811 g/mol. The summed E-state index contributed by atoms with van der Waals surface area (Å²) in [4.78, 5) is 56.3. The summed E-state index contributed by atoms with van der Waals surface area (Å²) in [6.07, 6.45) is 18.1. The number of benzene rings is 3. The Morgan fingerprint density at radius 3 is 1.60 bits per heavy atom. The monoisotopic (exact) mass is 879 g/mol. The number of likely N-dealkylation sites (tertiary alicyclic amines) is 1. The summed E-state index contributed by atoms with van der Waals surface area (Å²) < 4.78 is 29.3. The highest BCUT2D eigenvalue weighted by Gasteiger charge is 2.49. The molecule has 11 nitrogen and oxygen atoms in total. The maximum absolute atomic E-state index is 14.1. The maximum atomic E-state index is 14.1. The molecule has 6 atom stereocenters. The minimum atomic E-state index is -3.92. The standard InChI is InChI=1S/C51H69N5O6S/c1-2-3-4-5-6-7-8-9-10-11-12-19-27-48(57)52-40-28-30-56(31-29-40)63(61,62)41-26-20-25-39(32-41)51(60)55-35-44(49(58)53-46-33-42(46)37-21-15-13-16-22-37)45(36-55)50(59)54-47-34-43(47)38-23-17-14-18-24-38/h13-18,20-26,32,40,42-47H,2-12,19,27-31,33-36H2,1H3,(H,52,57)(H,53,58)(H,54,59)/t42-,43-,44-,45-,46+,47+/m1/s1. The third kappa shape index (κ3) is 12.8. The van der Waals surface area contributed by atoms with Crippen LogP contribution in [0.5, 0.6) is 0 Å². The van der Waals surface area contributed by atoms with Crippen molar-refractivity contribution in [3.63, 3.8) is 0 Å². The molecule has 12 heteroatoms. The Kier molecular flexibility index (Phi) is 16.5. The van der Waals surface area contributed by atoms with Gasteiger partial charge in [0.25, 0.3) is 5.91 Å². The molecule has 2 aliphatic heterocycles. The average Bonchev–Trinajstić information content (AvgIpc) is 4.21. The Morgan fingerprint density at radius 2 is 1.10 bits per heavy atom. The molecule has 0 aromatic heterocycles. The second-order valence-corrected chi connectivity index (χ2v) is 20.5. The fraction of sp³-hybridized carbons (Fsp3) is 0.569. The molecule has 0 bridgehead atoms. The summed E-state index contributed by atoms with van der Waals surface area (Å²) >= 11 is 0. The summed E-state index contributed by atoms with van der Waals surface area (Å²) in [7, 11) is -3.92. The predicted octanol–water partition coefficient (Wildman–Crippen LogP) is 8.08. The van der Waals surface area contributed by atoms with Crippen molar-refractivity contribution in [3.8, 4) is 0 Å². The van der Waals surface area contributed by atoms with Crippen molar-refractivity contribution in [1.82, 2.24) is 25.2 Å². The highest BCUT2D eigenvalue weighted by Crippen LogP contribution is 2.43. The molecule has 3 aromatic carbocycles. The molecule has 2 aliphatic carbocycles. The van der Waals surface area contributed by atoms with Crippen LogP contribution in [0.25, 0.3) is 0 Å². The fourth-order valence-electron chi connectivity index (χ4n) is 9.71. The lowest BCUT2D eigenvalue weighted by Crippen LogP contribution is -2.46. The van der Waals surface area contributed by atoms with Crippen molar-refractivity contribution in [2.24, 2.45) is 11.8 Å². The van der Waals surface area contributed by atoms with Crippen LogP contribution in [0.2, 0.25) is 0 Å². The highest BCUT2D eigenvalue weighted by atomic mass is 32.2. The van der Waals surface area contributed by atoms with Crippen LogP contribution < -0.4 is 16.0 Å². The van der Waals surface area contributed by atoms with Crippen LogP contribution in [0.4, 0.5) is 0 Å². The van der Waals surface area contributed by atoms with E-state index in [1.54, 1.807) is 12.1 Å². The first-order chi connectivity index (χ1) is 30.6. The molecule has 2 saturated heterocycles. The second kappa shape index (κ2) is 22.4. The normalized spacial score (nSPS) is 23.5. The van der Waals surface area contributed by atoms with Gasteiger partial charge in [-0.25, -0.2) is 8.42 Å². The van der Waals surface area contributed by atoms with Gasteiger partial charge in [0.2, 0.25) is 27.7 Å². The van der Waals surface area contributed by atoms with Gasteiger partial charge in [-0.2, -0.15) is 4.31 Å². The summed E-state index contributed by atoms with van der Waals surface area (Å²) in [6.45, 7) is 2.88. The molecule has 7 rings (SSSR count). The van der Waals surface area contributed by atoms with E-state index in [1.807, 2.05) is 36.4 Å². The fourth-order valence-corrected chi connectivity index (χ4v) is 11.2. The molecular formula is C51H69N5O6S. The van der Waals surface area contributed by atoms with E-state index in [1.165, 1.54) is 79.1 Å². The van der Waals surface area contributed by atoms with Crippen molar-refractivity contribution in [2.45, 2.75) is 151 Å². The number of sulfonamides is 1. The summed E-state index contributed by atoms with van der Waals surface area (Å²) in [6, 6.07) is 26.0. The Morgan fingerprint density at radius 1 is 0.603 bits per heavy atom. The first-order valence-corrected chi connectivity index (χ1v) is 25.5. The van der Waals surface area contributed by atoms with Crippen LogP contribution in [0, 0.1) is 11.8 Å². The molecule has 63 heavy (non-hydrogen) atoms. The number of hydrogen-bond acceptors (Lipinski definition) is 6. The van der Waals surface area contributed by atoms with E-state index in [2.05, 4.69) is 47.1 Å². The van der Waals surface area contributed by atoms with E-state index in [0.717, 1.165) is 43.2 Å². The number of piperidine rings is 1. The van der Waals surface area contributed by atoms with Crippen molar-refractivity contribution >= 4 is 33.7 Å². The molecule has 3 aromatic rings. The van der Waals surface area contributed by atoms with Crippen molar-refractivity contribution < 1.29 is 27.6 Å². The van der Waals surface area contributed by atoms with Crippen LogP contribution in [0.15, 0.2) is 89.8 Å². The molecule has 4 aliphatic rings.